The molecule has 1 amide bonds. The van der Waals surface area contributed by atoms with Gasteiger partial charge in [0.1, 0.15) is 0 Å². The number of fused-ring (bicyclic) bond motifs is 1. The van der Waals surface area contributed by atoms with E-state index in [4.69, 9.17) is 9.47 Å². The predicted octanol–water partition coefficient (Wildman–Crippen LogP) is 3.95. The first kappa shape index (κ1) is 18.7. The fourth-order valence-electron chi connectivity index (χ4n) is 2.62. The maximum absolute atomic E-state index is 12.4. The number of hydrogen-bond donors (Lipinski definition) is 1. The quantitative estimate of drug-likeness (QED) is 0.420. The number of carbonyl (C=O) groups excluding carboxylic acids is 1. The van der Waals surface area contributed by atoms with Crippen LogP contribution in [0.5, 0.6) is 11.5 Å². The molecular weight excluding hydrogens is 492 g/mol. The fourth-order valence-corrected chi connectivity index (χ4v) is 3.38. The van der Waals surface area contributed by atoms with Gasteiger partial charge in [-0.05, 0) is 57.4 Å². The largest absolute Gasteiger partial charge is 0.454 e. The molecule has 0 spiro atoms. The molecule has 142 valence electrons. The molecule has 1 aromatic heterocycles. The van der Waals surface area contributed by atoms with E-state index in [9.17, 15) is 4.79 Å². The summed E-state index contributed by atoms with van der Waals surface area (Å²) >= 11 is 6.79. The van der Waals surface area contributed by atoms with Crippen molar-refractivity contribution in [2.45, 2.75) is 6.54 Å². The summed E-state index contributed by atoms with van der Waals surface area (Å²) in [5, 5.41) is 8.33. The Morgan fingerprint density at radius 3 is 2.79 bits per heavy atom. The predicted molar refractivity (Wildman–Crippen MR) is 111 cm³/mol. The van der Waals surface area contributed by atoms with Crippen molar-refractivity contribution in [1.29, 1.82) is 0 Å². The molecule has 1 aliphatic heterocycles. The highest BCUT2D eigenvalue weighted by Crippen LogP contribution is 2.31. The Labute approximate surface area is 177 Å². The van der Waals surface area contributed by atoms with Gasteiger partial charge in [0.15, 0.2) is 17.2 Å². The average Bonchev–Trinajstić information content (AvgIpc) is 3.29. The second-order valence-electron chi connectivity index (χ2n) is 5.96. The lowest BCUT2D eigenvalue weighted by atomic mass is 10.2. The van der Waals surface area contributed by atoms with Gasteiger partial charge in [-0.2, -0.15) is 10.2 Å². The first-order chi connectivity index (χ1) is 13.6. The van der Waals surface area contributed by atoms with E-state index < -0.39 is 5.91 Å². The van der Waals surface area contributed by atoms with E-state index in [-0.39, 0.29) is 12.5 Å². The molecule has 0 aliphatic carbocycles. The van der Waals surface area contributed by atoms with E-state index in [1.54, 1.807) is 23.0 Å². The minimum absolute atomic E-state index is 0.212. The van der Waals surface area contributed by atoms with Gasteiger partial charge in [-0.1, -0.05) is 28.1 Å². The van der Waals surface area contributed by atoms with Gasteiger partial charge in [0.25, 0.3) is 5.91 Å². The average molecular weight is 506 g/mol. The standard InChI is InChI=1S/C19H14Br2N4O3/c20-14-4-1-12(2-5-14)9-25-10-15(21)18(24-25)19(26)23-22-8-13-3-6-16-17(7-13)28-11-27-16/h1-8,10H,9,11H2,(H,23,26). The number of carbonyl (C=O) groups is 1. The van der Waals surface area contributed by atoms with Crippen LogP contribution < -0.4 is 14.9 Å². The topological polar surface area (TPSA) is 77.7 Å². The lowest BCUT2D eigenvalue weighted by Crippen LogP contribution is -2.19. The highest BCUT2D eigenvalue weighted by Gasteiger charge is 2.15. The minimum Gasteiger partial charge on any atom is -0.454 e. The Morgan fingerprint density at radius 2 is 1.96 bits per heavy atom. The van der Waals surface area contributed by atoms with Crippen molar-refractivity contribution in [3.63, 3.8) is 0 Å². The number of halogens is 2. The summed E-state index contributed by atoms with van der Waals surface area (Å²) in [5.41, 5.74) is 4.61. The maximum Gasteiger partial charge on any atom is 0.293 e. The molecule has 0 saturated carbocycles. The van der Waals surface area contributed by atoms with Crippen molar-refractivity contribution in [3.05, 3.63) is 74.4 Å². The molecule has 1 N–H and O–H groups in total. The summed E-state index contributed by atoms with van der Waals surface area (Å²) in [6.45, 7) is 0.767. The number of benzene rings is 2. The van der Waals surface area contributed by atoms with E-state index in [1.165, 1.54) is 6.21 Å². The van der Waals surface area contributed by atoms with Gasteiger partial charge in [-0.15, -0.1) is 0 Å². The van der Waals surface area contributed by atoms with Gasteiger partial charge < -0.3 is 9.47 Å². The first-order valence-electron chi connectivity index (χ1n) is 8.29. The summed E-state index contributed by atoms with van der Waals surface area (Å²) in [6.07, 6.45) is 3.30. The molecule has 4 rings (SSSR count). The molecule has 0 fully saturated rings. The fraction of sp³-hybridized carbons (Fsp3) is 0.105. The van der Waals surface area contributed by atoms with Crippen LogP contribution in [-0.2, 0) is 6.54 Å². The lowest BCUT2D eigenvalue weighted by Gasteiger charge is -2.02. The highest BCUT2D eigenvalue weighted by atomic mass is 79.9. The Morgan fingerprint density at radius 1 is 1.18 bits per heavy atom. The van der Waals surface area contributed by atoms with Crippen molar-refractivity contribution >= 4 is 44.0 Å². The van der Waals surface area contributed by atoms with Crippen molar-refractivity contribution in [3.8, 4) is 11.5 Å². The molecule has 0 unspecified atom stereocenters. The zero-order chi connectivity index (χ0) is 19.5. The third-order valence-electron chi connectivity index (χ3n) is 3.97. The number of nitrogens with zero attached hydrogens (tertiary/aromatic N) is 3. The van der Waals surface area contributed by atoms with Crippen molar-refractivity contribution in [2.75, 3.05) is 6.79 Å². The molecule has 28 heavy (non-hydrogen) atoms. The van der Waals surface area contributed by atoms with Crippen LogP contribution in [0, 0.1) is 0 Å². The van der Waals surface area contributed by atoms with Crippen LogP contribution in [0.4, 0.5) is 0 Å². The summed E-state index contributed by atoms with van der Waals surface area (Å²) < 4.78 is 13.9. The van der Waals surface area contributed by atoms with Crippen LogP contribution in [0.15, 0.2) is 62.7 Å². The molecular formula is C19H14Br2N4O3. The van der Waals surface area contributed by atoms with Gasteiger partial charge in [0, 0.05) is 10.7 Å². The van der Waals surface area contributed by atoms with E-state index in [0.717, 1.165) is 15.6 Å². The lowest BCUT2D eigenvalue weighted by molar-refractivity contribution is 0.0948. The molecule has 7 nitrogen and oxygen atoms in total. The van der Waals surface area contributed by atoms with Crippen LogP contribution in [-0.4, -0.2) is 28.7 Å². The van der Waals surface area contributed by atoms with Gasteiger partial charge in [-0.25, -0.2) is 5.43 Å². The molecule has 0 atom stereocenters. The number of ether oxygens (including phenoxy) is 2. The SMILES string of the molecule is O=C(NN=Cc1ccc2c(c1)OCO2)c1nn(Cc2ccc(Br)cc2)cc1Br. The van der Waals surface area contributed by atoms with Crippen LogP contribution in [0.3, 0.4) is 0 Å². The maximum atomic E-state index is 12.4. The Kier molecular flexibility index (Phi) is 5.45. The second kappa shape index (κ2) is 8.15. The first-order valence-corrected chi connectivity index (χ1v) is 9.87. The van der Waals surface area contributed by atoms with Crippen LogP contribution in [0.1, 0.15) is 21.6 Å². The Hall–Kier alpha value is -2.65. The highest BCUT2D eigenvalue weighted by molar-refractivity contribution is 9.10. The monoisotopic (exact) mass is 504 g/mol. The molecule has 3 aromatic rings. The van der Waals surface area contributed by atoms with E-state index >= 15 is 0 Å². The number of aromatic nitrogens is 2. The number of hydrogen-bond acceptors (Lipinski definition) is 5. The molecule has 1 aliphatic rings. The van der Waals surface area contributed by atoms with Gasteiger partial charge in [-0.3, -0.25) is 9.48 Å². The Bertz CT molecular complexity index is 1050. The smallest absolute Gasteiger partial charge is 0.293 e. The normalized spacial score (nSPS) is 12.5. The minimum atomic E-state index is -0.404. The van der Waals surface area contributed by atoms with E-state index in [0.29, 0.717) is 22.5 Å². The molecule has 0 saturated heterocycles. The van der Waals surface area contributed by atoms with Crippen molar-refractivity contribution < 1.29 is 14.3 Å². The molecule has 0 radical (unpaired) electrons. The third-order valence-corrected chi connectivity index (χ3v) is 5.08. The molecule has 2 aromatic carbocycles. The zero-order valence-electron chi connectivity index (χ0n) is 14.4. The number of hydrazone groups is 1. The molecule has 9 heteroatoms. The van der Waals surface area contributed by atoms with E-state index in [2.05, 4.69) is 47.5 Å². The summed E-state index contributed by atoms with van der Waals surface area (Å²) in [7, 11) is 0. The summed E-state index contributed by atoms with van der Waals surface area (Å²) in [6, 6.07) is 13.3. The van der Waals surface area contributed by atoms with Crippen LogP contribution in [0.25, 0.3) is 0 Å². The van der Waals surface area contributed by atoms with E-state index in [1.807, 2.05) is 30.3 Å². The van der Waals surface area contributed by atoms with Crippen molar-refractivity contribution in [2.24, 2.45) is 5.10 Å². The van der Waals surface area contributed by atoms with Crippen molar-refractivity contribution in [1.82, 2.24) is 15.2 Å². The third kappa shape index (κ3) is 4.26. The van der Waals surface area contributed by atoms with Gasteiger partial charge in [0.05, 0.1) is 17.2 Å². The van der Waals surface area contributed by atoms with Crippen LogP contribution >= 0.6 is 31.9 Å². The van der Waals surface area contributed by atoms with Crippen LogP contribution in [0.2, 0.25) is 0 Å². The second-order valence-corrected chi connectivity index (χ2v) is 7.73. The Balaban J connectivity index is 1.40. The summed E-state index contributed by atoms with van der Waals surface area (Å²) in [5.74, 6) is 0.949. The molecule has 0 bridgehead atoms. The number of nitrogens with one attached hydrogen (secondary N) is 1. The molecule has 2 heterocycles. The zero-order valence-corrected chi connectivity index (χ0v) is 17.6. The number of amides is 1. The van der Waals surface area contributed by atoms with Gasteiger partial charge >= 0.3 is 0 Å². The summed E-state index contributed by atoms with van der Waals surface area (Å²) in [4.78, 5) is 12.4. The van der Waals surface area contributed by atoms with Gasteiger partial charge in [0.2, 0.25) is 6.79 Å². The number of rotatable bonds is 5.